The number of aromatic nitrogens is 1. The van der Waals surface area contributed by atoms with E-state index in [9.17, 15) is 4.79 Å². The quantitative estimate of drug-likeness (QED) is 0.683. The number of nitrogen functional groups attached to an aromatic ring is 1. The summed E-state index contributed by atoms with van der Waals surface area (Å²) in [5, 5.41) is 1.03. The lowest BCUT2D eigenvalue weighted by Gasteiger charge is -2.10. The molecule has 1 aliphatic rings. The van der Waals surface area contributed by atoms with Crippen LogP contribution in [0.4, 0.5) is 5.69 Å². The molecule has 0 radical (unpaired) electrons. The van der Waals surface area contributed by atoms with Crippen LogP contribution in [0, 0.1) is 0 Å². The lowest BCUT2D eigenvalue weighted by atomic mass is 10.1. The molecule has 1 heterocycles. The molecule has 3 rings (SSSR count). The smallest absolute Gasteiger partial charge is 0.372 e. The van der Waals surface area contributed by atoms with Crippen molar-refractivity contribution in [3.63, 3.8) is 0 Å². The minimum atomic E-state index is -0.193. The van der Waals surface area contributed by atoms with Gasteiger partial charge in [-0.1, -0.05) is 12.1 Å². The molecule has 0 aliphatic heterocycles. The number of anilines is 1. The number of para-hydroxylation sites is 1. The van der Waals surface area contributed by atoms with Crippen LogP contribution in [-0.4, -0.2) is 12.6 Å². The lowest BCUT2D eigenvalue weighted by molar-refractivity contribution is -0.667. The topological polar surface area (TPSA) is 56.2 Å². The number of benzene rings is 1. The molecule has 20 heavy (non-hydrogen) atoms. The third-order valence-corrected chi connectivity index (χ3v) is 3.92. The third-order valence-electron chi connectivity index (χ3n) is 3.92. The van der Waals surface area contributed by atoms with E-state index >= 15 is 0 Å². The molecular weight excluding hydrogens is 252 g/mol. The van der Waals surface area contributed by atoms with Crippen molar-refractivity contribution in [2.24, 2.45) is 0 Å². The highest BCUT2D eigenvalue weighted by Gasteiger charge is 2.29. The summed E-state index contributed by atoms with van der Waals surface area (Å²) in [6.07, 6.45) is 3.07. The van der Waals surface area contributed by atoms with E-state index < -0.39 is 0 Å². The van der Waals surface area contributed by atoms with Gasteiger partial charge in [-0.05, 0) is 25.8 Å². The second-order valence-electron chi connectivity index (χ2n) is 5.10. The number of esters is 1. The van der Waals surface area contributed by atoms with Gasteiger partial charge in [0.2, 0.25) is 12.1 Å². The van der Waals surface area contributed by atoms with Gasteiger partial charge in [0.25, 0.3) is 0 Å². The van der Waals surface area contributed by atoms with Crippen molar-refractivity contribution in [1.29, 1.82) is 0 Å². The molecule has 0 saturated heterocycles. The number of rotatable bonds is 3. The Kier molecular flexibility index (Phi) is 3.30. The van der Waals surface area contributed by atoms with Crippen molar-refractivity contribution < 1.29 is 14.1 Å². The molecule has 0 atom stereocenters. The molecule has 4 nitrogen and oxygen atoms in total. The summed E-state index contributed by atoms with van der Waals surface area (Å²) in [7, 11) is 0. The van der Waals surface area contributed by atoms with Crippen LogP contribution in [0.1, 0.15) is 24.6 Å². The average Bonchev–Trinajstić information content (AvgIpc) is 2.93. The van der Waals surface area contributed by atoms with E-state index in [1.54, 1.807) is 0 Å². The van der Waals surface area contributed by atoms with Crippen LogP contribution < -0.4 is 10.3 Å². The fraction of sp³-hybridized carbons (Fsp3) is 0.375. The summed E-state index contributed by atoms with van der Waals surface area (Å²) in [5.74, 6) is -0.193. The van der Waals surface area contributed by atoms with E-state index in [2.05, 4.69) is 4.57 Å². The first-order chi connectivity index (χ1) is 9.72. The van der Waals surface area contributed by atoms with Gasteiger partial charge < -0.3 is 10.5 Å². The minimum absolute atomic E-state index is 0.193. The first kappa shape index (κ1) is 12.9. The second-order valence-corrected chi connectivity index (χ2v) is 5.10. The largest absolute Gasteiger partial charge is 0.461 e. The van der Waals surface area contributed by atoms with Crippen molar-refractivity contribution in [2.45, 2.75) is 32.7 Å². The zero-order chi connectivity index (χ0) is 14.1. The molecule has 0 bridgehead atoms. The molecule has 0 spiro atoms. The molecule has 0 saturated carbocycles. The van der Waals surface area contributed by atoms with Gasteiger partial charge >= 0.3 is 5.97 Å². The Morgan fingerprint density at radius 2 is 2.15 bits per heavy atom. The maximum Gasteiger partial charge on any atom is 0.372 e. The van der Waals surface area contributed by atoms with Gasteiger partial charge in [0, 0.05) is 18.1 Å². The van der Waals surface area contributed by atoms with Crippen LogP contribution in [0.15, 0.2) is 24.3 Å². The Balaban J connectivity index is 2.19. The summed E-state index contributed by atoms with van der Waals surface area (Å²) in [6.45, 7) is 2.50. The number of pyridine rings is 1. The van der Waals surface area contributed by atoms with Crippen LogP contribution in [0.2, 0.25) is 0 Å². The molecule has 2 N–H and O–H groups in total. The predicted molar refractivity (Wildman–Crippen MR) is 77.2 cm³/mol. The Morgan fingerprint density at radius 3 is 2.95 bits per heavy atom. The fourth-order valence-electron chi connectivity index (χ4n) is 3.08. The number of nitrogens with two attached hydrogens (primary N) is 1. The first-order valence-electron chi connectivity index (χ1n) is 7.09. The molecule has 0 amide bonds. The van der Waals surface area contributed by atoms with E-state index in [4.69, 9.17) is 10.5 Å². The first-order valence-corrected chi connectivity index (χ1v) is 7.09. The molecule has 1 aromatic heterocycles. The molecule has 2 aromatic rings. The average molecular weight is 271 g/mol. The Bertz CT molecular complexity index is 680. The van der Waals surface area contributed by atoms with E-state index in [1.807, 2.05) is 31.2 Å². The lowest BCUT2D eigenvalue weighted by Crippen LogP contribution is -2.43. The van der Waals surface area contributed by atoms with Crippen molar-refractivity contribution in [3.05, 3.63) is 35.5 Å². The second kappa shape index (κ2) is 5.12. The van der Waals surface area contributed by atoms with Crippen LogP contribution in [0.5, 0.6) is 0 Å². The maximum atomic E-state index is 11.9. The molecule has 1 aliphatic carbocycles. The van der Waals surface area contributed by atoms with Crippen molar-refractivity contribution in [2.75, 3.05) is 12.3 Å². The van der Waals surface area contributed by atoms with Crippen molar-refractivity contribution in [1.82, 2.24) is 0 Å². The molecule has 1 aromatic carbocycles. The third kappa shape index (κ3) is 2.01. The van der Waals surface area contributed by atoms with Gasteiger partial charge in [0.1, 0.15) is 0 Å². The number of hydrogen-bond acceptors (Lipinski definition) is 3. The van der Waals surface area contributed by atoms with Crippen LogP contribution in [0.3, 0.4) is 0 Å². The van der Waals surface area contributed by atoms with Crippen LogP contribution in [0.25, 0.3) is 10.9 Å². The predicted octanol–water partition coefficient (Wildman–Crippen LogP) is 1.76. The highest BCUT2D eigenvalue weighted by molar-refractivity contribution is 5.90. The zero-order valence-electron chi connectivity index (χ0n) is 11.7. The van der Waals surface area contributed by atoms with Crippen molar-refractivity contribution >= 4 is 22.6 Å². The molecule has 4 heteroatoms. The van der Waals surface area contributed by atoms with E-state index in [1.165, 1.54) is 11.3 Å². The normalized spacial score (nSPS) is 13.4. The Labute approximate surface area is 118 Å². The number of fused-ring (bicyclic) bond motifs is 2. The SMILES string of the molecule is CCOC(=O)C[n+]1c2c(c(N)c3ccccc31)CCC2. The van der Waals surface area contributed by atoms with E-state index in [-0.39, 0.29) is 12.5 Å². The van der Waals surface area contributed by atoms with Gasteiger partial charge in [-0.15, -0.1) is 0 Å². The summed E-state index contributed by atoms with van der Waals surface area (Å²) in [4.78, 5) is 11.9. The van der Waals surface area contributed by atoms with Gasteiger partial charge in [-0.3, -0.25) is 0 Å². The fourth-order valence-corrected chi connectivity index (χ4v) is 3.08. The highest BCUT2D eigenvalue weighted by atomic mass is 16.5. The summed E-state index contributed by atoms with van der Waals surface area (Å²) < 4.78 is 7.17. The Morgan fingerprint density at radius 1 is 1.35 bits per heavy atom. The van der Waals surface area contributed by atoms with E-state index in [0.29, 0.717) is 6.61 Å². The number of carbonyl (C=O) groups excluding carboxylic acids is 1. The monoisotopic (exact) mass is 271 g/mol. The molecule has 104 valence electrons. The van der Waals surface area contributed by atoms with Crippen molar-refractivity contribution in [3.8, 4) is 0 Å². The number of hydrogen-bond donors (Lipinski definition) is 1. The van der Waals surface area contributed by atoms with Crippen LogP contribution >= 0.6 is 0 Å². The maximum absolute atomic E-state index is 11.9. The number of ether oxygens (including phenoxy) is 1. The van der Waals surface area contributed by atoms with Gasteiger partial charge in [-0.25, -0.2) is 4.79 Å². The van der Waals surface area contributed by atoms with Gasteiger partial charge in [-0.2, -0.15) is 4.57 Å². The zero-order valence-corrected chi connectivity index (χ0v) is 11.7. The van der Waals surface area contributed by atoms with Gasteiger partial charge in [0.15, 0.2) is 5.69 Å². The summed E-state index contributed by atoms with van der Waals surface area (Å²) in [6, 6.07) is 7.99. The summed E-state index contributed by atoms with van der Waals surface area (Å²) >= 11 is 0. The number of carbonyl (C=O) groups is 1. The van der Waals surface area contributed by atoms with E-state index in [0.717, 1.165) is 35.9 Å². The summed E-state index contributed by atoms with van der Waals surface area (Å²) in [5.41, 5.74) is 10.6. The standard InChI is InChI=1S/C16H18N2O2/c1-2-20-15(19)10-18-13-8-4-3-6-11(13)16(17)12-7-5-9-14(12)18/h3-4,6,8,17H,2,5,7,9-10H2,1H3/p+1. The minimum Gasteiger partial charge on any atom is -0.461 e. The Hall–Kier alpha value is -2.10. The molecule has 0 unspecified atom stereocenters. The molecule has 0 fully saturated rings. The highest BCUT2D eigenvalue weighted by Crippen LogP contribution is 2.30. The molecular formula is C16H19N2O2+. The van der Waals surface area contributed by atoms with Gasteiger partial charge in [0.05, 0.1) is 17.7 Å². The number of nitrogens with zero attached hydrogens (tertiary/aromatic N) is 1. The van der Waals surface area contributed by atoms with Crippen LogP contribution in [-0.2, 0) is 28.9 Å².